The molecule has 1 saturated heterocycles. The molecule has 8 nitrogen and oxygen atoms in total. The van der Waals surface area contributed by atoms with Crippen LogP contribution in [0.3, 0.4) is 0 Å². The summed E-state index contributed by atoms with van der Waals surface area (Å²) in [6.45, 7) is 1.27. The first-order valence-electron chi connectivity index (χ1n) is 12.8. The summed E-state index contributed by atoms with van der Waals surface area (Å²) in [5, 5.41) is 6.40. The lowest BCUT2D eigenvalue weighted by atomic mass is 9.73. The van der Waals surface area contributed by atoms with Gasteiger partial charge in [0.25, 0.3) is 5.91 Å². The maximum atomic E-state index is 13.5. The summed E-state index contributed by atoms with van der Waals surface area (Å²) in [7, 11) is 1.79. The molecule has 10 heteroatoms. The lowest BCUT2D eigenvalue weighted by molar-refractivity contribution is 0.0740. The van der Waals surface area contributed by atoms with Gasteiger partial charge in [-0.25, -0.2) is 14.4 Å². The molecule has 194 valence electrons. The molecule has 1 aromatic carbocycles. The number of aromatic nitrogens is 4. The van der Waals surface area contributed by atoms with Gasteiger partial charge in [-0.15, -0.1) is 11.3 Å². The lowest BCUT2D eigenvalue weighted by Crippen LogP contribution is -2.43. The van der Waals surface area contributed by atoms with Crippen molar-refractivity contribution in [2.75, 3.05) is 13.1 Å². The van der Waals surface area contributed by atoms with Gasteiger partial charge in [-0.2, -0.15) is 5.10 Å². The fraction of sp³-hybridized carbons (Fsp3) is 0.357. The number of carbonyl (C=O) groups is 1. The maximum absolute atomic E-state index is 13.5. The first kappa shape index (κ1) is 23.5. The third-order valence-corrected chi connectivity index (χ3v) is 8.80. The summed E-state index contributed by atoms with van der Waals surface area (Å²) >= 11 is 1.50. The van der Waals surface area contributed by atoms with E-state index in [0.29, 0.717) is 30.4 Å². The summed E-state index contributed by atoms with van der Waals surface area (Å²) in [5.74, 6) is 0.753. The van der Waals surface area contributed by atoms with E-state index in [-0.39, 0.29) is 35.2 Å². The third-order valence-electron chi connectivity index (χ3n) is 8.22. The van der Waals surface area contributed by atoms with Gasteiger partial charge in [0.1, 0.15) is 29.0 Å². The number of thiazole rings is 1. The minimum absolute atomic E-state index is 0.00934. The Kier molecular flexibility index (Phi) is 5.38. The zero-order chi connectivity index (χ0) is 26.0. The first-order valence-corrected chi connectivity index (χ1v) is 13.8. The Morgan fingerprint density at radius 3 is 2.53 bits per heavy atom. The van der Waals surface area contributed by atoms with Crippen LogP contribution in [0.4, 0.5) is 4.39 Å². The van der Waals surface area contributed by atoms with E-state index in [2.05, 4.69) is 10.1 Å². The number of piperidine rings is 1. The van der Waals surface area contributed by atoms with Crippen LogP contribution in [-0.4, -0.2) is 49.7 Å². The van der Waals surface area contributed by atoms with Crippen LogP contribution in [0.5, 0.6) is 5.88 Å². The van der Waals surface area contributed by atoms with E-state index in [9.17, 15) is 9.18 Å². The molecule has 7 rings (SSSR count). The minimum atomic E-state index is -0.376. The molecule has 0 radical (unpaired) electrons. The zero-order valence-corrected chi connectivity index (χ0v) is 21.7. The van der Waals surface area contributed by atoms with Crippen LogP contribution in [0, 0.1) is 17.7 Å². The summed E-state index contributed by atoms with van der Waals surface area (Å²) in [6, 6.07) is 12.1. The highest BCUT2D eigenvalue weighted by molar-refractivity contribution is 7.07. The standard InChI is InChI=1S/C28H27FN6O2S/c1-34-24(11-22(33-34)23-14-38-15-31-23)27(36)35-12-19-20(13-35)26(19)37-25-10-17(28(30)7-2-8-28)9-21(32-25)16-3-5-18(29)6-4-16/h3-6,9-11,14-15,19-20,26H,2,7-8,12-13,30H2,1H3/t19-,20+,26?. The lowest BCUT2D eigenvalue weighted by Gasteiger charge is -2.38. The van der Waals surface area contributed by atoms with Crippen molar-refractivity contribution in [3.8, 4) is 28.5 Å². The predicted molar refractivity (Wildman–Crippen MR) is 141 cm³/mol. The molecule has 1 aliphatic heterocycles. The van der Waals surface area contributed by atoms with Crippen LogP contribution in [0.2, 0.25) is 0 Å². The molecule has 3 fully saturated rings. The van der Waals surface area contributed by atoms with Crippen LogP contribution in [-0.2, 0) is 12.6 Å². The van der Waals surface area contributed by atoms with Crippen molar-refractivity contribution in [2.45, 2.75) is 30.9 Å². The van der Waals surface area contributed by atoms with Gasteiger partial charge >= 0.3 is 0 Å². The molecule has 0 spiro atoms. The molecule has 4 aromatic rings. The fourth-order valence-corrected chi connectivity index (χ4v) is 6.26. The van der Waals surface area contributed by atoms with Crippen molar-refractivity contribution in [3.05, 3.63) is 70.4 Å². The van der Waals surface area contributed by atoms with Crippen LogP contribution in [0.1, 0.15) is 35.3 Å². The second-order valence-corrected chi connectivity index (χ2v) is 11.3. The first-order chi connectivity index (χ1) is 18.4. The molecule has 38 heavy (non-hydrogen) atoms. The number of nitrogens with zero attached hydrogens (tertiary/aromatic N) is 5. The monoisotopic (exact) mass is 530 g/mol. The normalized spacial score (nSPS) is 23.1. The number of halogens is 1. The number of benzene rings is 1. The van der Waals surface area contributed by atoms with Gasteiger partial charge in [-0.05, 0) is 61.2 Å². The van der Waals surface area contributed by atoms with Crippen molar-refractivity contribution in [1.29, 1.82) is 0 Å². The predicted octanol–water partition coefficient (Wildman–Crippen LogP) is 4.23. The quantitative estimate of drug-likeness (QED) is 0.401. The van der Waals surface area contributed by atoms with Crippen LogP contribution >= 0.6 is 11.3 Å². The van der Waals surface area contributed by atoms with Crippen molar-refractivity contribution in [2.24, 2.45) is 24.6 Å². The van der Waals surface area contributed by atoms with Gasteiger partial charge in [0.2, 0.25) is 5.88 Å². The largest absolute Gasteiger partial charge is 0.474 e. The molecular weight excluding hydrogens is 503 g/mol. The van der Waals surface area contributed by atoms with Crippen molar-refractivity contribution in [3.63, 3.8) is 0 Å². The molecule has 2 aliphatic carbocycles. The number of carbonyl (C=O) groups excluding carboxylic acids is 1. The molecule has 4 heterocycles. The summed E-state index contributed by atoms with van der Waals surface area (Å²) in [6.07, 6.45) is 2.95. The second-order valence-electron chi connectivity index (χ2n) is 10.6. The van der Waals surface area contributed by atoms with E-state index in [1.807, 2.05) is 28.5 Å². The highest BCUT2D eigenvalue weighted by Gasteiger charge is 2.59. The SMILES string of the molecule is Cn1nc(-c2cscn2)cc1C(=O)N1C[C@@H]2C(Oc3cc(C4(N)CCC4)cc(-c4ccc(F)cc4)n3)[C@@H]2C1. The molecule has 3 atom stereocenters. The molecule has 3 aromatic heterocycles. The number of amides is 1. The topological polar surface area (TPSA) is 99.2 Å². The Hall–Kier alpha value is -3.63. The number of aryl methyl sites for hydroxylation is 1. The molecule has 1 unspecified atom stereocenters. The highest BCUT2D eigenvalue weighted by Crippen LogP contribution is 2.49. The van der Waals surface area contributed by atoms with Crippen molar-refractivity contribution < 1.29 is 13.9 Å². The summed E-state index contributed by atoms with van der Waals surface area (Å²) in [4.78, 5) is 24.2. The van der Waals surface area contributed by atoms with E-state index >= 15 is 0 Å². The molecule has 3 aliphatic rings. The fourth-order valence-electron chi connectivity index (χ4n) is 5.71. The summed E-state index contributed by atoms with van der Waals surface area (Å²) < 4.78 is 21.5. The number of rotatable bonds is 6. The summed E-state index contributed by atoms with van der Waals surface area (Å²) in [5.41, 5.74) is 12.6. The Morgan fingerprint density at radius 1 is 1.11 bits per heavy atom. The number of ether oxygens (including phenoxy) is 1. The van der Waals surface area contributed by atoms with Gasteiger partial charge in [0.15, 0.2) is 0 Å². The maximum Gasteiger partial charge on any atom is 0.272 e. The Bertz CT molecular complexity index is 1500. The van der Waals surface area contributed by atoms with E-state index in [0.717, 1.165) is 41.8 Å². The van der Waals surface area contributed by atoms with Gasteiger partial charge in [-0.1, -0.05) is 0 Å². The number of nitrogens with two attached hydrogens (primary N) is 1. The third kappa shape index (κ3) is 3.99. The van der Waals surface area contributed by atoms with Crippen LogP contribution < -0.4 is 10.5 Å². The van der Waals surface area contributed by atoms with Gasteiger partial charge in [0.05, 0.1) is 11.2 Å². The van der Waals surface area contributed by atoms with Crippen LogP contribution in [0.15, 0.2) is 53.4 Å². The highest BCUT2D eigenvalue weighted by atomic mass is 32.1. The van der Waals surface area contributed by atoms with Gasteiger partial charge < -0.3 is 15.4 Å². The number of pyridine rings is 1. The van der Waals surface area contributed by atoms with E-state index in [1.165, 1.54) is 23.5 Å². The van der Waals surface area contributed by atoms with E-state index in [1.54, 1.807) is 29.4 Å². The van der Waals surface area contributed by atoms with Crippen molar-refractivity contribution in [1.82, 2.24) is 24.6 Å². The Balaban J connectivity index is 1.07. The Labute approximate surface area is 223 Å². The smallest absolute Gasteiger partial charge is 0.272 e. The molecule has 0 bridgehead atoms. The number of hydrogen-bond donors (Lipinski definition) is 1. The molecular formula is C28H27FN6O2S. The second kappa shape index (κ2) is 8.71. The molecule has 1 amide bonds. The van der Waals surface area contributed by atoms with Gasteiger partial charge in [-0.3, -0.25) is 9.48 Å². The average molecular weight is 531 g/mol. The zero-order valence-electron chi connectivity index (χ0n) is 20.9. The van der Waals surface area contributed by atoms with Crippen LogP contribution in [0.25, 0.3) is 22.6 Å². The Morgan fingerprint density at radius 2 is 1.87 bits per heavy atom. The van der Waals surface area contributed by atoms with E-state index in [4.69, 9.17) is 15.5 Å². The number of fused-ring (bicyclic) bond motifs is 1. The number of likely N-dealkylation sites (tertiary alicyclic amines) is 1. The van der Waals surface area contributed by atoms with Crippen molar-refractivity contribution >= 4 is 17.2 Å². The van der Waals surface area contributed by atoms with Gasteiger partial charge in [0, 0.05) is 54.5 Å². The molecule has 2 saturated carbocycles. The average Bonchev–Trinajstić information content (AvgIpc) is 3.41. The minimum Gasteiger partial charge on any atom is -0.474 e. The number of hydrogen-bond acceptors (Lipinski definition) is 7. The molecule has 2 N–H and O–H groups in total. The van der Waals surface area contributed by atoms with E-state index < -0.39 is 0 Å².